The first-order chi connectivity index (χ1) is 17.2. The summed E-state index contributed by atoms with van der Waals surface area (Å²) in [5.74, 6) is -2.06. The van der Waals surface area contributed by atoms with Gasteiger partial charge in [0.1, 0.15) is 11.3 Å². The van der Waals surface area contributed by atoms with Gasteiger partial charge in [-0.3, -0.25) is 4.79 Å². The molecule has 2 unspecified atom stereocenters. The van der Waals surface area contributed by atoms with Crippen LogP contribution in [0, 0.1) is 23.1 Å². The summed E-state index contributed by atoms with van der Waals surface area (Å²) in [6.07, 6.45) is 2.67. The first-order valence-corrected chi connectivity index (χ1v) is 11.9. The van der Waals surface area contributed by atoms with Crippen molar-refractivity contribution in [2.75, 3.05) is 25.1 Å². The Bertz CT molecular complexity index is 1300. The Hall–Kier alpha value is -3.81. The summed E-state index contributed by atoms with van der Waals surface area (Å²) in [4.78, 5) is 38.5. The Kier molecular flexibility index (Phi) is 7.06. The van der Waals surface area contributed by atoms with E-state index in [1.165, 1.54) is 13.3 Å². The molecule has 2 aliphatic rings. The molecule has 1 saturated carbocycles. The summed E-state index contributed by atoms with van der Waals surface area (Å²) in [5, 5.41) is 21.5. The highest BCUT2D eigenvalue weighted by molar-refractivity contribution is 5.97. The van der Waals surface area contributed by atoms with Crippen LogP contribution in [0.4, 0.5) is 14.9 Å². The third-order valence-corrected chi connectivity index (χ3v) is 6.64. The average Bonchev–Trinajstić information content (AvgIpc) is 3.54. The Balaban J connectivity index is 1.73. The number of aromatic carboxylic acids is 1. The number of nitrogens with zero attached hydrogens (tertiary/aromatic N) is 3. The van der Waals surface area contributed by atoms with Gasteiger partial charge in [0.2, 0.25) is 5.43 Å². The molecule has 1 aromatic carbocycles. The minimum Gasteiger partial charge on any atom is -0.492 e. The average molecular weight is 501 g/mol. The zero-order valence-corrected chi connectivity index (χ0v) is 20.4. The molecule has 2 atom stereocenters. The second-order valence-corrected chi connectivity index (χ2v) is 9.51. The second kappa shape index (κ2) is 10.0. The van der Waals surface area contributed by atoms with Crippen molar-refractivity contribution in [1.82, 2.24) is 9.88 Å². The number of ether oxygens (including phenoxy) is 2. The van der Waals surface area contributed by atoms with Gasteiger partial charge in [0.15, 0.2) is 11.6 Å². The predicted octanol–water partition coefficient (Wildman–Crippen LogP) is 3.43. The van der Waals surface area contributed by atoms with Gasteiger partial charge in [-0.1, -0.05) is 0 Å². The Morgan fingerprint density at radius 1 is 1.33 bits per heavy atom. The number of carbonyl (C=O) groups excluding carboxylic acids is 1. The van der Waals surface area contributed by atoms with Crippen LogP contribution in [0.5, 0.6) is 5.75 Å². The zero-order valence-electron chi connectivity index (χ0n) is 20.4. The molecule has 1 aromatic heterocycles. The van der Waals surface area contributed by atoms with Crippen LogP contribution in [0.1, 0.15) is 55.9 Å². The van der Waals surface area contributed by atoms with Crippen LogP contribution in [0.3, 0.4) is 0 Å². The topological polar surface area (TPSA) is 134 Å². The lowest BCUT2D eigenvalue weighted by Crippen LogP contribution is -2.42. The standard InChI is InChI=1S/C25H29FN4O6/c1-13(2)36-25(34)28-19(6-8-27)14-7-9-29(11-14)21-18(26)10-16-20(23(21)35-3)30(15-4-5-15)12-17(22(16)31)24(32)33/h10,12-15,19H,4-7,9,11H2,1-3H3,(H,28,34)(H,32,33). The van der Waals surface area contributed by atoms with E-state index in [2.05, 4.69) is 11.4 Å². The number of fused-ring (bicyclic) bond motifs is 1. The third kappa shape index (κ3) is 4.80. The number of alkyl carbamates (subject to hydrolysis) is 1. The lowest BCUT2D eigenvalue weighted by atomic mass is 9.96. The number of methoxy groups -OCH3 is 1. The highest BCUT2D eigenvalue weighted by Crippen LogP contribution is 2.44. The molecule has 0 radical (unpaired) electrons. The summed E-state index contributed by atoms with van der Waals surface area (Å²) in [5.41, 5.74) is -0.644. The summed E-state index contributed by atoms with van der Waals surface area (Å²) < 4.78 is 28.1. The lowest BCUT2D eigenvalue weighted by molar-refractivity contribution is 0.0694. The molecule has 36 heavy (non-hydrogen) atoms. The summed E-state index contributed by atoms with van der Waals surface area (Å²) >= 11 is 0. The summed E-state index contributed by atoms with van der Waals surface area (Å²) in [6, 6.07) is 2.69. The molecule has 11 heteroatoms. The molecule has 0 spiro atoms. The Labute approximate surface area is 207 Å². The Morgan fingerprint density at radius 3 is 2.64 bits per heavy atom. The van der Waals surface area contributed by atoms with Crippen molar-refractivity contribution in [3.63, 3.8) is 0 Å². The fourth-order valence-electron chi connectivity index (χ4n) is 4.88. The van der Waals surface area contributed by atoms with Crippen LogP contribution >= 0.6 is 0 Å². The first kappa shape index (κ1) is 25.3. The number of carboxylic acid groups (broad SMARTS) is 1. The van der Waals surface area contributed by atoms with Gasteiger partial charge >= 0.3 is 12.1 Å². The molecular weight excluding hydrogens is 471 g/mol. The van der Waals surface area contributed by atoms with E-state index in [-0.39, 0.29) is 41.3 Å². The van der Waals surface area contributed by atoms with Gasteiger partial charge in [0.25, 0.3) is 0 Å². The third-order valence-electron chi connectivity index (χ3n) is 6.64. The largest absolute Gasteiger partial charge is 0.492 e. The van der Waals surface area contributed by atoms with E-state index in [4.69, 9.17) is 9.47 Å². The minimum absolute atomic E-state index is 0.000849. The highest BCUT2D eigenvalue weighted by Gasteiger charge is 2.36. The number of carbonyl (C=O) groups is 2. The number of pyridine rings is 1. The molecule has 1 aliphatic heterocycles. The van der Waals surface area contributed by atoms with Crippen LogP contribution in [0.15, 0.2) is 17.1 Å². The molecule has 2 fully saturated rings. The molecule has 2 heterocycles. The molecule has 4 rings (SSSR count). The molecule has 1 aliphatic carbocycles. The first-order valence-electron chi connectivity index (χ1n) is 11.9. The van der Waals surface area contributed by atoms with Crippen molar-refractivity contribution in [2.24, 2.45) is 5.92 Å². The number of amides is 1. The molecule has 2 aromatic rings. The van der Waals surface area contributed by atoms with E-state index < -0.39 is 34.9 Å². The van der Waals surface area contributed by atoms with Crippen LogP contribution < -0.4 is 20.4 Å². The van der Waals surface area contributed by atoms with Crippen molar-refractivity contribution in [3.8, 4) is 11.8 Å². The van der Waals surface area contributed by atoms with Gasteiger partial charge < -0.3 is 29.4 Å². The quantitative estimate of drug-likeness (QED) is 0.563. The maximum Gasteiger partial charge on any atom is 0.407 e. The molecular formula is C25H29FN4O6. The van der Waals surface area contributed by atoms with E-state index in [0.29, 0.717) is 25.0 Å². The van der Waals surface area contributed by atoms with Gasteiger partial charge in [-0.2, -0.15) is 5.26 Å². The number of benzene rings is 1. The van der Waals surface area contributed by atoms with Crippen molar-refractivity contribution in [1.29, 1.82) is 5.26 Å². The number of carboxylic acids is 1. The fourth-order valence-corrected chi connectivity index (χ4v) is 4.88. The highest BCUT2D eigenvalue weighted by atomic mass is 19.1. The van der Waals surface area contributed by atoms with E-state index in [1.807, 2.05) is 0 Å². The number of nitrogens with one attached hydrogen (secondary N) is 1. The minimum atomic E-state index is -1.37. The fraction of sp³-hybridized carbons (Fsp3) is 0.520. The number of nitriles is 1. The molecule has 1 saturated heterocycles. The number of hydrogen-bond donors (Lipinski definition) is 2. The van der Waals surface area contributed by atoms with Crippen LogP contribution in [-0.4, -0.2) is 54.1 Å². The molecule has 2 N–H and O–H groups in total. The van der Waals surface area contributed by atoms with Gasteiger partial charge in [0.05, 0.1) is 36.6 Å². The maximum atomic E-state index is 15.6. The number of halogens is 1. The molecule has 192 valence electrons. The monoisotopic (exact) mass is 500 g/mol. The van der Waals surface area contributed by atoms with Gasteiger partial charge in [-0.05, 0) is 45.1 Å². The van der Waals surface area contributed by atoms with E-state index in [9.17, 15) is 24.8 Å². The number of hydrogen-bond acceptors (Lipinski definition) is 7. The maximum absolute atomic E-state index is 15.6. The van der Waals surface area contributed by atoms with Crippen molar-refractivity contribution in [3.05, 3.63) is 33.9 Å². The van der Waals surface area contributed by atoms with Crippen LogP contribution in [0.25, 0.3) is 10.9 Å². The van der Waals surface area contributed by atoms with E-state index in [0.717, 1.165) is 18.9 Å². The number of rotatable bonds is 8. The number of aromatic nitrogens is 1. The van der Waals surface area contributed by atoms with Gasteiger partial charge in [0, 0.05) is 31.4 Å². The summed E-state index contributed by atoms with van der Waals surface area (Å²) in [7, 11) is 1.39. The lowest BCUT2D eigenvalue weighted by Gasteiger charge is -2.26. The summed E-state index contributed by atoms with van der Waals surface area (Å²) in [6.45, 7) is 4.23. The molecule has 10 nitrogen and oxygen atoms in total. The van der Waals surface area contributed by atoms with Crippen molar-refractivity contribution < 1.29 is 28.6 Å². The van der Waals surface area contributed by atoms with Crippen molar-refractivity contribution >= 4 is 28.7 Å². The van der Waals surface area contributed by atoms with Gasteiger partial charge in [-0.15, -0.1) is 0 Å². The SMILES string of the molecule is COc1c(N2CCC(C(CC#N)NC(=O)OC(C)C)C2)c(F)cc2c(=O)c(C(=O)O)cn(C3CC3)c12. The Morgan fingerprint density at radius 2 is 2.06 bits per heavy atom. The normalized spacial score (nSPS) is 18.2. The second-order valence-electron chi connectivity index (χ2n) is 9.51. The smallest absolute Gasteiger partial charge is 0.407 e. The number of anilines is 1. The predicted molar refractivity (Wildman–Crippen MR) is 129 cm³/mol. The van der Waals surface area contributed by atoms with E-state index >= 15 is 4.39 Å². The van der Waals surface area contributed by atoms with Crippen LogP contribution in [0.2, 0.25) is 0 Å². The molecule has 1 amide bonds. The molecule has 0 bridgehead atoms. The zero-order chi connectivity index (χ0) is 26.1. The van der Waals surface area contributed by atoms with E-state index in [1.54, 1.807) is 23.3 Å². The van der Waals surface area contributed by atoms with Gasteiger partial charge in [-0.25, -0.2) is 14.0 Å². The van der Waals surface area contributed by atoms with Crippen molar-refractivity contribution in [2.45, 2.75) is 57.7 Å². The van der Waals surface area contributed by atoms with Crippen LogP contribution in [-0.2, 0) is 4.74 Å².